The lowest BCUT2D eigenvalue weighted by Crippen LogP contribution is -2.42. The van der Waals surface area contributed by atoms with Gasteiger partial charge in [0.1, 0.15) is 0 Å². The van der Waals surface area contributed by atoms with E-state index in [1.807, 2.05) is 0 Å². The number of thioether (sulfide) groups is 1. The van der Waals surface area contributed by atoms with Crippen molar-refractivity contribution in [2.75, 3.05) is 5.75 Å². The average Bonchev–Trinajstić information content (AvgIpc) is 2.53. The van der Waals surface area contributed by atoms with Gasteiger partial charge in [0.2, 0.25) is 5.91 Å². The molecular weight excluding hydrogens is 345 g/mol. The van der Waals surface area contributed by atoms with E-state index in [0.29, 0.717) is 17.7 Å². The Bertz CT molecular complexity index is 593. The van der Waals surface area contributed by atoms with Crippen molar-refractivity contribution in [2.24, 2.45) is 5.92 Å². The first-order valence-corrected chi connectivity index (χ1v) is 8.47. The average molecular weight is 362 g/mol. The summed E-state index contributed by atoms with van der Waals surface area (Å²) in [6.07, 6.45) is -3.16. The van der Waals surface area contributed by atoms with E-state index in [0.717, 1.165) is 0 Å². The number of benzene rings is 1. The topological polar surface area (TPSA) is 72.2 Å². The van der Waals surface area contributed by atoms with Crippen LogP contribution in [0.2, 0.25) is 0 Å². The van der Waals surface area contributed by atoms with Gasteiger partial charge in [0, 0.05) is 23.1 Å². The van der Waals surface area contributed by atoms with Crippen molar-refractivity contribution in [3.8, 4) is 0 Å². The molecule has 1 aliphatic carbocycles. The van der Waals surface area contributed by atoms with Crippen molar-refractivity contribution in [2.45, 2.75) is 42.8 Å². The summed E-state index contributed by atoms with van der Waals surface area (Å²) < 4.78 is 38.2. The molecule has 1 amide bonds. The van der Waals surface area contributed by atoms with Crippen molar-refractivity contribution >= 4 is 23.4 Å². The van der Waals surface area contributed by atoms with Crippen LogP contribution >= 0.6 is 11.8 Å². The molecule has 1 fully saturated rings. The van der Waals surface area contributed by atoms with Crippen LogP contribution in [-0.4, -0.2) is 28.8 Å². The summed E-state index contributed by atoms with van der Waals surface area (Å²) in [5.41, 5.74) is -0.0378. The summed E-state index contributed by atoms with van der Waals surface area (Å²) in [6, 6.07) is 5.31. The maximum absolute atomic E-state index is 12.7. The van der Waals surface area contributed by atoms with Gasteiger partial charge in [-0.15, -0.1) is 11.8 Å². The summed E-state index contributed by atoms with van der Waals surface area (Å²) in [5.74, 6) is -1.62. The van der Waals surface area contributed by atoms with E-state index in [1.165, 1.54) is 36.0 Å². The Morgan fingerprint density at radius 3 is 2.54 bits per heavy atom. The molecule has 1 aromatic carbocycles. The zero-order valence-corrected chi connectivity index (χ0v) is 13.5. The molecule has 132 valence electrons. The zero-order chi connectivity index (χ0) is 17.7. The number of carbonyl (C=O) groups is 1. The second-order valence-corrected chi connectivity index (χ2v) is 6.76. The predicted molar refractivity (Wildman–Crippen MR) is 83.8 cm³/mol. The molecule has 0 heterocycles. The number of nitrogens with zero attached hydrogens (tertiary/aromatic N) is 1. The first-order valence-electron chi connectivity index (χ1n) is 7.49. The molecule has 0 saturated heterocycles. The minimum Gasteiger partial charge on any atom is -0.353 e. The van der Waals surface area contributed by atoms with Crippen LogP contribution in [0.1, 0.15) is 25.7 Å². The number of non-ortho nitro benzene ring substituents is 1. The van der Waals surface area contributed by atoms with Crippen LogP contribution < -0.4 is 5.32 Å². The van der Waals surface area contributed by atoms with Crippen molar-refractivity contribution in [1.29, 1.82) is 0 Å². The zero-order valence-electron chi connectivity index (χ0n) is 12.7. The van der Waals surface area contributed by atoms with E-state index in [9.17, 15) is 28.1 Å². The molecular formula is C15H17F3N2O3S. The van der Waals surface area contributed by atoms with E-state index in [2.05, 4.69) is 5.32 Å². The van der Waals surface area contributed by atoms with E-state index < -0.39 is 23.1 Å². The minimum atomic E-state index is -4.21. The first-order chi connectivity index (χ1) is 11.3. The largest absolute Gasteiger partial charge is 0.391 e. The molecule has 9 heteroatoms. The lowest BCUT2D eigenvalue weighted by Gasteiger charge is -2.31. The molecule has 2 rings (SSSR count). The number of hydrogen-bond acceptors (Lipinski definition) is 4. The number of nitro groups is 1. The van der Waals surface area contributed by atoms with Gasteiger partial charge in [-0.2, -0.15) is 13.2 Å². The van der Waals surface area contributed by atoms with E-state index in [1.54, 1.807) is 0 Å². The maximum atomic E-state index is 12.7. The smallest absolute Gasteiger partial charge is 0.353 e. The van der Waals surface area contributed by atoms with Crippen LogP contribution in [0.5, 0.6) is 0 Å². The van der Waals surface area contributed by atoms with E-state index in [-0.39, 0.29) is 30.2 Å². The molecule has 0 radical (unpaired) electrons. The molecule has 1 N–H and O–H groups in total. The quantitative estimate of drug-likeness (QED) is 0.489. The number of nitro benzene ring substituents is 1. The molecule has 0 bridgehead atoms. The predicted octanol–water partition coefficient (Wildman–Crippen LogP) is 3.92. The lowest BCUT2D eigenvalue weighted by molar-refractivity contribution is -0.384. The van der Waals surface area contributed by atoms with Crippen molar-refractivity contribution < 1.29 is 22.9 Å². The maximum Gasteiger partial charge on any atom is 0.391 e. The van der Waals surface area contributed by atoms with Gasteiger partial charge in [0.15, 0.2) is 0 Å². The van der Waals surface area contributed by atoms with Crippen LogP contribution in [0, 0.1) is 16.0 Å². The summed E-state index contributed by atoms with van der Waals surface area (Å²) in [6.45, 7) is 0. The van der Waals surface area contributed by atoms with Crippen LogP contribution in [0.25, 0.3) is 0 Å². The Hall–Kier alpha value is -1.77. The third-order valence-electron chi connectivity index (χ3n) is 3.92. The number of alkyl halides is 3. The highest BCUT2D eigenvalue weighted by atomic mass is 32.2. The standard InChI is InChI=1S/C15H17F3N2O3S/c16-15(17,18)10-2-1-3-11(8-10)19-14(21)9-24-13-6-4-12(5-7-13)20(22)23/h4-7,10-11H,1-3,8-9H2,(H,19,21)/t10-,11+/m0/s1. The fraction of sp³-hybridized carbons (Fsp3) is 0.533. The van der Waals surface area contributed by atoms with Crippen LogP contribution in [0.15, 0.2) is 29.2 Å². The Labute approximate surface area is 141 Å². The highest BCUT2D eigenvalue weighted by molar-refractivity contribution is 8.00. The summed E-state index contributed by atoms with van der Waals surface area (Å²) in [7, 11) is 0. The summed E-state index contributed by atoms with van der Waals surface area (Å²) in [4.78, 5) is 22.6. The van der Waals surface area contributed by atoms with Gasteiger partial charge in [-0.05, 0) is 31.4 Å². The van der Waals surface area contributed by atoms with Crippen molar-refractivity contribution in [1.82, 2.24) is 5.32 Å². The van der Waals surface area contributed by atoms with Gasteiger partial charge in [0.25, 0.3) is 5.69 Å². The molecule has 1 saturated carbocycles. The van der Waals surface area contributed by atoms with Crippen molar-refractivity contribution in [3.63, 3.8) is 0 Å². The number of amides is 1. The molecule has 0 unspecified atom stereocenters. The molecule has 0 aromatic heterocycles. The van der Waals surface area contributed by atoms with Gasteiger partial charge in [0.05, 0.1) is 16.6 Å². The Kier molecular flexibility index (Phi) is 6.09. The second kappa shape index (κ2) is 7.87. The molecule has 2 atom stereocenters. The van der Waals surface area contributed by atoms with Gasteiger partial charge >= 0.3 is 6.18 Å². The number of halogens is 3. The summed E-state index contributed by atoms with van der Waals surface area (Å²) in [5, 5.41) is 13.2. The number of hydrogen-bond donors (Lipinski definition) is 1. The molecule has 1 aromatic rings. The number of rotatable bonds is 5. The van der Waals surface area contributed by atoms with Gasteiger partial charge in [-0.25, -0.2) is 0 Å². The third kappa shape index (κ3) is 5.40. The van der Waals surface area contributed by atoms with E-state index >= 15 is 0 Å². The van der Waals surface area contributed by atoms with Crippen molar-refractivity contribution in [3.05, 3.63) is 34.4 Å². The molecule has 0 aliphatic heterocycles. The van der Waals surface area contributed by atoms with Gasteiger partial charge < -0.3 is 5.32 Å². The summed E-state index contributed by atoms with van der Waals surface area (Å²) >= 11 is 1.19. The molecule has 5 nitrogen and oxygen atoms in total. The van der Waals surface area contributed by atoms with Crippen LogP contribution in [-0.2, 0) is 4.79 Å². The van der Waals surface area contributed by atoms with Crippen LogP contribution in [0.3, 0.4) is 0 Å². The Morgan fingerprint density at radius 2 is 1.96 bits per heavy atom. The molecule has 1 aliphatic rings. The normalized spacial score (nSPS) is 21.3. The highest BCUT2D eigenvalue weighted by Gasteiger charge is 2.42. The van der Waals surface area contributed by atoms with Crippen LogP contribution in [0.4, 0.5) is 18.9 Å². The number of carbonyl (C=O) groups excluding carboxylic acids is 1. The third-order valence-corrected chi connectivity index (χ3v) is 4.93. The van der Waals surface area contributed by atoms with Gasteiger partial charge in [-0.1, -0.05) is 6.42 Å². The molecule has 0 spiro atoms. The first kappa shape index (κ1) is 18.6. The number of nitrogens with one attached hydrogen (secondary N) is 1. The van der Waals surface area contributed by atoms with Gasteiger partial charge in [-0.3, -0.25) is 14.9 Å². The molecule has 24 heavy (non-hydrogen) atoms. The fourth-order valence-corrected chi connectivity index (χ4v) is 3.41. The second-order valence-electron chi connectivity index (χ2n) is 5.71. The fourth-order valence-electron chi connectivity index (χ4n) is 2.70. The Balaban J connectivity index is 1.79. The SMILES string of the molecule is O=C(CSc1ccc([N+](=O)[O-])cc1)N[C@@H]1CCC[C@H](C(F)(F)F)C1. The minimum absolute atomic E-state index is 0.0378. The monoisotopic (exact) mass is 362 g/mol. The Morgan fingerprint density at radius 1 is 1.29 bits per heavy atom. The lowest BCUT2D eigenvalue weighted by atomic mass is 9.85. The highest BCUT2D eigenvalue weighted by Crippen LogP contribution is 2.37. The van der Waals surface area contributed by atoms with E-state index in [4.69, 9.17) is 0 Å².